The minimum atomic E-state index is -0.588. The van der Waals surface area contributed by atoms with Crippen molar-refractivity contribution in [2.24, 2.45) is 5.73 Å². The average Bonchev–Trinajstić information content (AvgIpc) is 3.38. The number of benzene rings is 1. The second kappa shape index (κ2) is 11.1. The van der Waals surface area contributed by atoms with Gasteiger partial charge in [0.15, 0.2) is 10.1 Å². The first-order chi connectivity index (χ1) is 18.4. The Bertz CT molecular complexity index is 1510. The Balaban J connectivity index is 1.41. The summed E-state index contributed by atoms with van der Waals surface area (Å²) < 4.78 is 0.519. The lowest BCUT2D eigenvalue weighted by Crippen LogP contribution is -2.38. The number of halogens is 2. The second-order valence-corrected chi connectivity index (χ2v) is 11.4. The van der Waals surface area contributed by atoms with E-state index in [9.17, 15) is 14.9 Å². The van der Waals surface area contributed by atoms with Crippen molar-refractivity contribution in [1.82, 2.24) is 15.2 Å². The molecule has 5 rings (SSSR count). The summed E-state index contributed by atoms with van der Waals surface area (Å²) in [5, 5.41) is 22.4. The van der Waals surface area contributed by atoms with E-state index in [1.807, 2.05) is 6.07 Å². The third-order valence-electron chi connectivity index (χ3n) is 6.07. The highest BCUT2D eigenvalue weighted by atomic mass is 35.5. The highest BCUT2D eigenvalue weighted by Gasteiger charge is 2.41. The second-order valence-electron chi connectivity index (χ2n) is 8.39. The summed E-state index contributed by atoms with van der Waals surface area (Å²) in [4.78, 5) is 31.5. The van der Waals surface area contributed by atoms with Crippen LogP contribution in [0.3, 0.4) is 0 Å². The van der Waals surface area contributed by atoms with Crippen LogP contribution in [0.25, 0.3) is 0 Å². The van der Waals surface area contributed by atoms with Crippen LogP contribution in [-0.4, -0.2) is 32.6 Å². The van der Waals surface area contributed by atoms with Gasteiger partial charge in [-0.2, -0.15) is 5.26 Å². The van der Waals surface area contributed by atoms with E-state index in [0.29, 0.717) is 55.7 Å². The monoisotopic (exact) mass is 583 g/mol. The number of thioether (sulfide) groups is 1. The fraction of sp³-hybridized carbons (Fsp3) is 0.200. The molecule has 3 heterocycles. The molecule has 1 aliphatic heterocycles. The van der Waals surface area contributed by atoms with Crippen molar-refractivity contribution >= 4 is 68.8 Å². The lowest BCUT2D eigenvalue weighted by Gasteiger charge is -2.37. The smallest absolute Gasteiger partial charge is 0.234 e. The summed E-state index contributed by atoms with van der Waals surface area (Å²) in [6.45, 7) is 0. The third-order valence-corrected chi connectivity index (χ3v) is 8.74. The van der Waals surface area contributed by atoms with Crippen LogP contribution in [0.5, 0.6) is 0 Å². The van der Waals surface area contributed by atoms with Crippen LogP contribution < -0.4 is 16.0 Å². The average molecular weight is 585 g/mol. The predicted molar refractivity (Wildman–Crippen MR) is 148 cm³/mol. The number of amides is 1. The van der Waals surface area contributed by atoms with E-state index in [2.05, 4.69) is 26.6 Å². The van der Waals surface area contributed by atoms with Gasteiger partial charge in [-0.25, -0.2) is 0 Å². The van der Waals surface area contributed by atoms with E-state index in [1.54, 1.807) is 41.6 Å². The molecule has 192 valence electrons. The Morgan fingerprint density at radius 2 is 2.03 bits per heavy atom. The van der Waals surface area contributed by atoms with E-state index >= 15 is 0 Å². The molecule has 0 bridgehead atoms. The van der Waals surface area contributed by atoms with Gasteiger partial charge >= 0.3 is 0 Å². The lowest BCUT2D eigenvalue weighted by molar-refractivity contribution is -0.116. The summed E-state index contributed by atoms with van der Waals surface area (Å²) in [6.07, 6.45) is 4.94. The van der Waals surface area contributed by atoms with Crippen LogP contribution in [0.15, 0.2) is 69.7 Å². The number of allylic oxidation sites excluding steroid dienone is 3. The Kier molecular flexibility index (Phi) is 7.67. The number of nitrogens with zero attached hydrogens (tertiary/aromatic N) is 5. The van der Waals surface area contributed by atoms with Gasteiger partial charge in [-0.3, -0.25) is 19.5 Å². The fourth-order valence-electron chi connectivity index (χ4n) is 4.46. The van der Waals surface area contributed by atoms with Gasteiger partial charge in [0, 0.05) is 30.1 Å². The molecule has 2 aromatic heterocycles. The van der Waals surface area contributed by atoms with E-state index < -0.39 is 5.92 Å². The number of hydrogen-bond acceptors (Lipinski definition) is 10. The molecular weight excluding hydrogens is 565 g/mol. The molecule has 1 amide bonds. The molecule has 38 heavy (non-hydrogen) atoms. The number of hydrogen-bond donors (Lipinski definition) is 2. The van der Waals surface area contributed by atoms with Crippen molar-refractivity contribution in [2.75, 3.05) is 16.0 Å². The zero-order chi connectivity index (χ0) is 26.8. The van der Waals surface area contributed by atoms with Crippen molar-refractivity contribution < 1.29 is 9.59 Å². The van der Waals surface area contributed by atoms with Gasteiger partial charge in [0.05, 0.1) is 39.0 Å². The molecule has 9 nitrogen and oxygen atoms in total. The third kappa shape index (κ3) is 5.00. The fourth-order valence-corrected chi connectivity index (χ4v) is 6.63. The van der Waals surface area contributed by atoms with Crippen molar-refractivity contribution in [3.8, 4) is 6.07 Å². The predicted octanol–water partition coefficient (Wildman–Crippen LogP) is 5.28. The minimum Gasteiger partial charge on any atom is -0.384 e. The molecule has 1 aliphatic carbocycles. The van der Waals surface area contributed by atoms with Crippen LogP contribution in [0.1, 0.15) is 30.7 Å². The molecule has 0 spiro atoms. The summed E-state index contributed by atoms with van der Waals surface area (Å²) in [7, 11) is 0. The molecule has 0 saturated carbocycles. The number of aromatic nitrogens is 3. The van der Waals surface area contributed by atoms with Crippen LogP contribution in [0, 0.1) is 11.3 Å². The molecule has 1 aromatic carbocycles. The number of carbonyl (C=O) groups excluding carboxylic acids is 2. The highest BCUT2D eigenvalue weighted by Crippen LogP contribution is 2.47. The number of rotatable bonds is 6. The number of nitriles is 1. The molecule has 2 aliphatic rings. The number of nitrogens with two attached hydrogens (primary N) is 1. The van der Waals surface area contributed by atoms with Crippen molar-refractivity contribution in [2.45, 2.75) is 29.5 Å². The Hall–Kier alpha value is -3.43. The normalized spacial score (nSPS) is 17.3. The maximum atomic E-state index is 13.2. The van der Waals surface area contributed by atoms with Gasteiger partial charge in [0.25, 0.3) is 0 Å². The minimum absolute atomic E-state index is 0.0284. The van der Waals surface area contributed by atoms with E-state index in [1.165, 1.54) is 23.1 Å². The molecule has 1 unspecified atom stereocenters. The van der Waals surface area contributed by atoms with E-state index in [-0.39, 0.29) is 28.8 Å². The lowest BCUT2D eigenvalue weighted by atomic mass is 9.76. The van der Waals surface area contributed by atoms with Gasteiger partial charge in [0.2, 0.25) is 11.0 Å². The van der Waals surface area contributed by atoms with Gasteiger partial charge in [-0.15, -0.1) is 10.2 Å². The summed E-state index contributed by atoms with van der Waals surface area (Å²) >= 11 is 14.7. The standard InChI is InChI=1S/C25H19Cl2N7O2S2/c26-15-5-1-6-16(27)22(15)31-19(36)12-37-25-33-32-24(38-25)34-17-7-2-8-18(35)21(17)20(14(10-28)23(34)29)13-4-3-9-30-11-13/h1,3-6,9,11,20H,2,7-8,12,29H2,(H,31,36). The summed E-state index contributed by atoms with van der Waals surface area (Å²) in [5.74, 6) is -0.684. The van der Waals surface area contributed by atoms with Gasteiger partial charge in [-0.1, -0.05) is 58.4 Å². The van der Waals surface area contributed by atoms with Crippen molar-refractivity contribution in [1.29, 1.82) is 5.26 Å². The topological polar surface area (TPSA) is 138 Å². The SMILES string of the molecule is N#CC1=C(N)N(c2nnc(SCC(=O)Nc3c(Cl)cccc3Cl)s2)C2=C(C(=O)CCC2)C1c1cccnc1. The molecule has 3 N–H and O–H groups in total. The summed E-state index contributed by atoms with van der Waals surface area (Å²) in [5.41, 5.74) is 9.14. The zero-order valence-corrected chi connectivity index (χ0v) is 22.8. The maximum Gasteiger partial charge on any atom is 0.234 e. The molecule has 0 radical (unpaired) electrons. The van der Waals surface area contributed by atoms with Gasteiger partial charge in [-0.05, 0) is 36.6 Å². The van der Waals surface area contributed by atoms with Crippen molar-refractivity contribution in [3.63, 3.8) is 0 Å². The Labute approximate surface area is 236 Å². The maximum absolute atomic E-state index is 13.2. The molecule has 13 heteroatoms. The molecule has 0 saturated heterocycles. The Morgan fingerprint density at radius 1 is 1.24 bits per heavy atom. The first-order valence-electron chi connectivity index (χ1n) is 11.4. The summed E-state index contributed by atoms with van der Waals surface area (Å²) in [6, 6.07) is 10.8. The number of Topliss-reactive ketones (excluding diaryl/α,β-unsaturated/α-hetero) is 1. The number of para-hydroxylation sites is 1. The van der Waals surface area contributed by atoms with E-state index in [0.717, 1.165) is 5.56 Å². The van der Waals surface area contributed by atoms with Crippen LogP contribution in [0.4, 0.5) is 10.8 Å². The molecule has 1 atom stereocenters. The molecule has 3 aromatic rings. The van der Waals surface area contributed by atoms with Crippen molar-refractivity contribution in [3.05, 3.63) is 81.0 Å². The number of carbonyl (C=O) groups is 2. The van der Waals surface area contributed by atoms with Crippen LogP contribution in [-0.2, 0) is 9.59 Å². The van der Waals surface area contributed by atoms with Crippen LogP contribution >= 0.6 is 46.3 Å². The Morgan fingerprint density at radius 3 is 2.74 bits per heavy atom. The highest BCUT2D eigenvalue weighted by molar-refractivity contribution is 8.01. The van der Waals surface area contributed by atoms with Crippen LogP contribution in [0.2, 0.25) is 10.0 Å². The number of pyridine rings is 1. The zero-order valence-electron chi connectivity index (χ0n) is 19.6. The number of ketones is 1. The molecular formula is C25H19Cl2N7O2S2. The quantitative estimate of drug-likeness (QED) is 0.371. The first kappa shape index (κ1) is 26.2. The number of anilines is 2. The first-order valence-corrected chi connectivity index (χ1v) is 14.0. The molecule has 0 fully saturated rings. The van der Waals surface area contributed by atoms with E-state index in [4.69, 9.17) is 28.9 Å². The van der Waals surface area contributed by atoms with Gasteiger partial charge < -0.3 is 11.1 Å². The van der Waals surface area contributed by atoms with Gasteiger partial charge in [0.1, 0.15) is 5.82 Å². The largest absolute Gasteiger partial charge is 0.384 e. The number of nitrogens with one attached hydrogen (secondary N) is 1.